The maximum Gasteiger partial charge on any atom is 0.407 e. The van der Waals surface area contributed by atoms with Crippen molar-refractivity contribution in [2.24, 2.45) is 5.41 Å². The van der Waals surface area contributed by atoms with Crippen LogP contribution in [0.2, 0.25) is 0 Å². The molecular formula is C27H32N2O6. The summed E-state index contributed by atoms with van der Waals surface area (Å²) in [7, 11) is 1.42. The monoisotopic (exact) mass is 480 g/mol. The number of nitrogens with zero attached hydrogens (tertiary/aromatic N) is 1. The number of ether oxygens (including phenoxy) is 1. The fraction of sp³-hybridized carbons (Fsp3) is 0.444. The first kappa shape index (κ1) is 24.7. The third kappa shape index (κ3) is 5.48. The minimum Gasteiger partial charge on any atom is -0.479 e. The number of amides is 2. The molecule has 0 heterocycles. The third-order valence-electron chi connectivity index (χ3n) is 7.10. The Morgan fingerprint density at radius 3 is 2.11 bits per heavy atom. The molecule has 1 saturated carbocycles. The van der Waals surface area contributed by atoms with Crippen molar-refractivity contribution in [3.63, 3.8) is 0 Å². The highest BCUT2D eigenvalue weighted by molar-refractivity contribution is 5.83. The standard InChI is InChI=1S/C27H32N2O6/c1-29(35-17-24(30)31)25(32)27(14-8-2-3-9-15-27)18-28-26(33)34-16-23-21-12-6-4-10-19(21)20-11-5-7-13-22(20)23/h4-7,10-13,23H,2-3,8-9,14-18H2,1H3,(H,28,33)(H,30,31). The average molecular weight is 481 g/mol. The van der Waals surface area contributed by atoms with Crippen LogP contribution in [0.4, 0.5) is 4.79 Å². The summed E-state index contributed by atoms with van der Waals surface area (Å²) in [5.74, 6) is -1.52. The molecule has 0 aliphatic heterocycles. The van der Waals surface area contributed by atoms with Crippen molar-refractivity contribution < 1.29 is 29.1 Å². The summed E-state index contributed by atoms with van der Waals surface area (Å²) in [4.78, 5) is 42.0. The first-order valence-corrected chi connectivity index (χ1v) is 12.1. The topological polar surface area (TPSA) is 105 Å². The lowest BCUT2D eigenvalue weighted by atomic mass is 9.79. The number of nitrogens with one attached hydrogen (secondary N) is 1. The van der Waals surface area contributed by atoms with Crippen molar-refractivity contribution in [3.05, 3.63) is 59.7 Å². The molecule has 4 rings (SSSR count). The average Bonchev–Trinajstić information content (AvgIpc) is 3.00. The summed E-state index contributed by atoms with van der Waals surface area (Å²) in [6.07, 6.45) is 4.35. The van der Waals surface area contributed by atoms with E-state index >= 15 is 0 Å². The first-order chi connectivity index (χ1) is 16.9. The Bertz CT molecular complexity index is 1030. The van der Waals surface area contributed by atoms with Crippen LogP contribution in [0.5, 0.6) is 0 Å². The van der Waals surface area contributed by atoms with Crippen molar-refractivity contribution in [1.29, 1.82) is 0 Å². The number of hydrogen-bond donors (Lipinski definition) is 2. The van der Waals surface area contributed by atoms with Gasteiger partial charge < -0.3 is 15.2 Å². The molecule has 2 aromatic rings. The summed E-state index contributed by atoms with van der Waals surface area (Å²) >= 11 is 0. The Kier molecular flexibility index (Phi) is 7.70. The normalized spacial score (nSPS) is 16.5. The molecule has 0 aromatic heterocycles. The Labute approximate surface area is 205 Å². The van der Waals surface area contributed by atoms with Crippen LogP contribution in [0.3, 0.4) is 0 Å². The Morgan fingerprint density at radius 2 is 1.54 bits per heavy atom. The number of aliphatic carboxylic acids is 1. The minimum atomic E-state index is -1.16. The molecule has 2 aliphatic carbocycles. The van der Waals surface area contributed by atoms with Gasteiger partial charge in [0, 0.05) is 19.5 Å². The van der Waals surface area contributed by atoms with Crippen molar-refractivity contribution >= 4 is 18.0 Å². The molecule has 2 amide bonds. The molecule has 2 N–H and O–H groups in total. The predicted molar refractivity (Wildman–Crippen MR) is 130 cm³/mol. The van der Waals surface area contributed by atoms with E-state index in [-0.39, 0.29) is 25.0 Å². The smallest absolute Gasteiger partial charge is 0.407 e. The van der Waals surface area contributed by atoms with E-state index < -0.39 is 24.1 Å². The molecule has 35 heavy (non-hydrogen) atoms. The maximum absolute atomic E-state index is 13.3. The molecule has 1 fully saturated rings. The molecule has 0 atom stereocenters. The summed E-state index contributed by atoms with van der Waals surface area (Å²) in [5, 5.41) is 12.7. The molecule has 0 bridgehead atoms. The second kappa shape index (κ2) is 10.9. The van der Waals surface area contributed by atoms with E-state index in [1.165, 1.54) is 7.05 Å². The lowest BCUT2D eigenvalue weighted by molar-refractivity contribution is -0.195. The highest BCUT2D eigenvalue weighted by atomic mass is 16.7. The van der Waals surface area contributed by atoms with Gasteiger partial charge in [-0.1, -0.05) is 74.2 Å². The summed E-state index contributed by atoms with van der Waals surface area (Å²) < 4.78 is 5.64. The lowest BCUT2D eigenvalue weighted by Crippen LogP contribution is -2.49. The lowest BCUT2D eigenvalue weighted by Gasteiger charge is -2.34. The molecule has 2 aromatic carbocycles. The number of hydroxylamine groups is 2. The fourth-order valence-corrected chi connectivity index (χ4v) is 5.31. The number of carboxylic acid groups (broad SMARTS) is 1. The number of carbonyl (C=O) groups is 3. The number of alkyl carbamates (subject to hydrolysis) is 1. The van der Waals surface area contributed by atoms with Crippen LogP contribution in [0, 0.1) is 5.41 Å². The summed E-state index contributed by atoms with van der Waals surface area (Å²) in [6.45, 7) is -0.288. The summed E-state index contributed by atoms with van der Waals surface area (Å²) in [6, 6.07) is 16.3. The predicted octanol–water partition coefficient (Wildman–Crippen LogP) is 4.34. The minimum absolute atomic E-state index is 0.0443. The number of fused-ring (bicyclic) bond motifs is 3. The van der Waals surface area contributed by atoms with Crippen molar-refractivity contribution in [2.75, 3.05) is 26.8 Å². The van der Waals surface area contributed by atoms with Gasteiger partial charge in [0.15, 0.2) is 6.61 Å². The molecule has 8 nitrogen and oxygen atoms in total. The fourth-order valence-electron chi connectivity index (χ4n) is 5.31. The Balaban J connectivity index is 1.40. The molecule has 2 aliphatic rings. The van der Waals surface area contributed by atoms with E-state index in [0.29, 0.717) is 12.8 Å². The van der Waals surface area contributed by atoms with Gasteiger partial charge in [-0.2, -0.15) is 0 Å². The largest absolute Gasteiger partial charge is 0.479 e. The van der Waals surface area contributed by atoms with Crippen LogP contribution >= 0.6 is 0 Å². The van der Waals surface area contributed by atoms with Gasteiger partial charge in [-0.3, -0.25) is 9.63 Å². The zero-order chi connectivity index (χ0) is 24.8. The number of rotatable bonds is 8. The van der Waals surface area contributed by atoms with E-state index in [4.69, 9.17) is 14.7 Å². The van der Waals surface area contributed by atoms with Crippen molar-refractivity contribution in [1.82, 2.24) is 10.4 Å². The van der Waals surface area contributed by atoms with Gasteiger partial charge in [0.1, 0.15) is 6.61 Å². The van der Waals surface area contributed by atoms with Crippen molar-refractivity contribution in [3.8, 4) is 11.1 Å². The second-order valence-corrected chi connectivity index (χ2v) is 9.34. The first-order valence-electron chi connectivity index (χ1n) is 12.1. The number of benzene rings is 2. The van der Waals surface area contributed by atoms with Crippen LogP contribution in [0.1, 0.15) is 55.6 Å². The quantitative estimate of drug-likeness (QED) is 0.430. The third-order valence-corrected chi connectivity index (χ3v) is 7.10. The van der Waals surface area contributed by atoms with E-state index in [9.17, 15) is 14.4 Å². The number of carboxylic acids is 1. The van der Waals surface area contributed by atoms with Gasteiger partial charge in [0.2, 0.25) is 0 Å². The van der Waals surface area contributed by atoms with Gasteiger partial charge in [-0.25, -0.2) is 14.7 Å². The van der Waals surface area contributed by atoms with E-state index in [1.807, 2.05) is 24.3 Å². The molecule has 186 valence electrons. The van der Waals surface area contributed by atoms with Crippen LogP contribution in [-0.4, -0.2) is 54.9 Å². The van der Waals surface area contributed by atoms with Crippen LogP contribution < -0.4 is 5.32 Å². The SMILES string of the molecule is CN(OCC(=O)O)C(=O)C1(CNC(=O)OCC2c3ccccc3-c3ccccc32)CCCCCC1. The molecule has 0 unspecified atom stereocenters. The summed E-state index contributed by atoms with van der Waals surface area (Å²) in [5.41, 5.74) is 3.73. The Morgan fingerprint density at radius 1 is 0.971 bits per heavy atom. The highest BCUT2D eigenvalue weighted by Crippen LogP contribution is 2.44. The van der Waals surface area contributed by atoms with E-state index in [0.717, 1.165) is 53.0 Å². The van der Waals surface area contributed by atoms with Gasteiger partial charge >= 0.3 is 12.1 Å². The Hall–Kier alpha value is -3.39. The van der Waals surface area contributed by atoms with Crippen LogP contribution in [0.25, 0.3) is 11.1 Å². The second-order valence-electron chi connectivity index (χ2n) is 9.34. The van der Waals surface area contributed by atoms with Gasteiger partial charge in [0.05, 0.1) is 5.41 Å². The zero-order valence-corrected chi connectivity index (χ0v) is 20.0. The van der Waals surface area contributed by atoms with E-state index in [2.05, 4.69) is 29.6 Å². The highest BCUT2D eigenvalue weighted by Gasteiger charge is 2.41. The maximum atomic E-state index is 13.3. The number of hydrogen-bond acceptors (Lipinski definition) is 5. The molecular weight excluding hydrogens is 448 g/mol. The van der Waals surface area contributed by atoms with Crippen LogP contribution in [-0.2, 0) is 19.2 Å². The van der Waals surface area contributed by atoms with Crippen LogP contribution in [0.15, 0.2) is 48.5 Å². The van der Waals surface area contributed by atoms with Crippen molar-refractivity contribution in [2.45, 2.75) is 44.4 Å². The molecule has 0 spiro atoms. The van der Waals surface area contributed by atoms with Gasteiger partial charge in [-0.05, 0) is 35.1 Å². The molecule has 8 heteroatoms. The molecule has 0 radical (unpaired) electrons. The van der Waals surface area contributed by atoms with Gasteiger partial charge in [0.25, 0.3) is 5.91 Å². The zero-order valence-electron chi connectivity index (χ0n) is 20.0. The molecule has 0 saturated heterocycles. The number of carbonyl (C=O) groups excluding carboxylic acids is 2. The van der Waals surface area contributed by atoms with E-state index in [1.54, 1.807) is 0 Å². The van der Waals surface area contributed by atoms with Gasteiger partial charge in [-0.15, -0.1) is 0 Å².